The van der Waals surface area contributed by atoms with Gasteiger partial charge in [0.25, 0.3) is 0 Å². The molecule has 1 N–H and O–H groups in total. The van der Waals surface area contributed by atoms with Gasteiger partial charge in [0.2, 0.25) is 0 Å². The van der Waals surface area contributed by atoms with Gasteiger partial charge in [-0.1, -0.05) is 0 Å². The van der Waals surface area contributed by atoms with E-state index in [0.717, 1.165) is 4.42 Å². The van der Waals surface area contributed by atoms with E-state index in [2.05, 4.69) is 15.6 Å². The number of carbonyl (C=O) groups is 1. The first-order valence-corrected chi connectivity index (χ1v) is 3.14. The summed E-state index contributed by atoms with van der Waals surface area (Å²) in [6.07, 6.45) is 0. The molecule has 0 amide bonds. The van der Waals surface area contributed by atoms with Crippen LogP contribution in [0.25, 0.3) is 0 Å². The van der Waals surface area contributed by atoms with Crippen LogP contribution in [0.1, 0.15) is 13.8 Å². The average Bonchev–Trinajstić information content (AvgIpc) is 1.64. The molecule has 0 radical (unpaired) electrons. The minimum absolute atomic E-state index is 0.352. The molecule has 0 rings (SSSR count). The van der Waals surface area contributed by atoms with Crippen molar-refractivity contribution in [3.8, 4) is 0 Å². The molecule has 0 saturated heterocycles. The molecule has 0 fully saturated rings. The number of aliphatic carboxylic acids is 1. The zero-order valence-electron chi connectivity index (χ0n) is 4.84. The molecule has 0 spiro atoms. The van der Waals surface area contributed by atoms with Gasteiger partial charge in [0.15, 0.2) is 0 Å². The Hall–Kier alpha value is -0.141. The summed E-state index contributed by atoms with van der Waals surface area (Å²) in [6, 6.07) is 0. The van der Waals surface area contributed by atoms with Crippen LogP contribution in [0, 0.1) is 5.92 Å². The van der Waals surface area contributed by atoms with Crippen molar-refractivity contribution in [2.24, 2.45) is 5.92 Å². The second-order valence-electron chi connectivity index (χ2n) is 1.67. The molecule has 0 bridgehead atoms. The van der Waals surface area contributed by atoms with Crippen LogP contribution < -0.4 is 0 Å². The van der Waals surface area contributed by atoms with Crippen molar-refractivity contribution in [2.75, 3.05) is 0 Å². The van der Waals surface area contributed by atoms with Crippen LogP contribution in [0.4, 0.5) is 0 Å². The van der Waals surface area contributed by atoms with Crippen LogP contribution in [0.2, 0.25) is 0 Å². The van der Waals surface area contributed by atoms with Crippen LogP contribution in [0.5, 0.6) is 0 Å². The summed E-state index contributed by atoms with van der Waals surface area (Å²) in [5, 5.41) is 8.31. The quantitative estimate of drug-likeness (QED) is 0.609. The molecule has 3 heteroatoms. The van der Waals surface area contributed by atoms with Gasteiger partial charge in [0.1, 0.15) is 0 Å². The summed E-state index contributed by atoms with van der Waals surface area (Å²) in [6.45, 7) is 3.41. The van der Waals surface area contributed by atoms with Crippen LogP contribution in [0.15, 0.2) is 0 Å². The molecular formula is C5H8O2Se. The number of carboxylic acids is 1. The fraction of sp³-hybridized carbons (Fsp3) is 0.600. The van der Waals surface area contributed by atoms with Crippen LogP contribution >= 0.6 is 0 Å². The SMILES string of the molecule is CC(=[Se])C(C)C(=O)O. The summed E-state index contributed by atoms with van der Waals surface area (Å²) >= 11 is 2.66. The summed E-state index contributed by atoms with van der Waals surface area (Å²) in [4.78, 5) is 10.1. The predicted molar refractivity (Wildman–Crippen MR) is 33.2 cm³/mol. The van der Waals surface area contributed by atoms with Crippen molar-refractivity contribution in [3.63, 3.8) is 0 Å². The molecule has 46 valence electrons. The fourth-order valence-electron chi connectivity index (χ4n) is 0.174. The van der Waals surface area contributed by atoms with Gasteiger partial charge >= 0.3 is 55.6 Å². The molecule has 0 aromatic rings. The molecule has 1 unspecified atom stereocenters. The van der Waals surface area contributed by atoms with Gasteiger partial charge in [-0.3, -0.25) is 0 Å². The molecule has 2 nitrogen and oxygen atoms in total. The molecule has 0 heterocycles. The number of rotatable bonds is 2. The summed E-state index contributed by atoms with van der Waals surface area (Å²) in [7, 11) is 0. The molecule has 1 atom stereocenters. The Bertz CT molecular complexity index is 106. The third-order valence-electron chi connectivity index (χ3n) is 0.980. The van der Waals surface area contributed by atoms with E-state index in [0.29, 0.717) is 0 Å². The average molecular weight is 179 g/mol. The van der Waals surface area contributed by atoms with Gasteiger partial charge in [-0.25, -0.2) is 0 Å². The van der Waals surface area contributed by atoms with E-state index in [4.69, 9.17) is 5.11 Å². The van der Waals surface area contributed by atoms with Gasteiger partial charge in [0.05, 0.1) is 0 Å². The summed E-state index contributed by atoms with van der Waals surface area (Å²) in [5.74, 6) is -1.13. The van der Waals surface area contributed by atoms with Crippen LogP contribution in [0.3, 0.4) is 0 Å². The maximum absolute atomic E-state index is 10.1. The topological polar surface area (TPSA) is 37.3 Å². The minimum atomic E-state index is -0.777. The third-order valence-corrected chi connectivity index (χ3v) is 1.72. The molecule has 0 aromatic heterocycles. The van der Waals surface area contributed by atoms with Crippen molar-refractivity contribution in [1.29, 1.82) is 0 Å². The summed E-state index contributed by atoms with van der Waals surface area (Å²) < 4.78 is 0.817. The Morgan fingerprint density at radius 2 is 2.12 bits per heavy atom. The zero-order valence-corrected chi connectivity index (χ0v) is 6.55. The first-order valence-electron chi connectivity index (χ1n) is 2.29. The van der Waals surface area contributed by atoms with Gasteiger partial charge in [-0.05, 0) is 0 Å². The van der Waals surface area contributed by atoms with Crippen molar-refractivity contribution in [2.45, 2.75) is 13.8 Å². The van der Waals surface area contributed by atoms with Gasteiger partial charge < -0.3 is 0 Å². The number of hydrogen-bond acceptors (Lipinski definition) is 1. The Morgan fingerprint density at radius 1 is 1.75 bits per heavy atom. The van der Waals surface area contributed by atoms with E-state index in [-0.39, 0.29) is 5.92 Å². The Morgan fingerprint density at radius 3 is 2.12 bits per heavy atom. The second-order valence-corrected chi connectivity index (χ2v) is 3.02. The Labute approximate surface area is 56.3 Å². The van der Waals surface area contributed by atoms with Crippen molar-refractivity contribution >= 4 is 26.0 Å². The molecule has 0 aliphatic heterocycles. The van der Waals surface area contributed by atoms with E-state index in [1.807, 2.05) is 0 Å². The maximum atomic E-state index is 10.1. The van der Waals surface area contributed by atoms with E-state index in [1.165, 1.54) is 0 Å². The van der Waals surface area contributed by atoms with E-state index >= 15 is 0 Å². The van der Waals surface area contributed by atoms with Gasteiger partial charge in [0, 0.05) is 0 Å². The van der Waals surface area contributed by atoms with Crippen LogP contribution in [-0.2, 0) is 4.79 Å². The first kappa shape index (κ1) is 7.86. The molecule has 0 aliphatic rings. The zero-order chi connectivity index (χ0) is 6.73. The van der Waals surface area contributed by atoms with Crippen molar-refractivity contribution in [3.05, 3.63) is 0 Å². The predicted octanol–water partition coefficient (Wildman–Crippen LogP) is 0.0679. The number of hydrogen-bond donors (Lipinski definition) is 1. The summed E-state index contributed by atoms with van der Waals surface area (Å²) in [5.41, 5.74) is 0. The van der Waals surface area contributed by atoms with Crippen LogP contribution in [-0.4, -0.2) is 31.1 Å². The fourth-order valence-corrected chi connectivity index (χ4v) is 0.385. The molecule has 0 aliphatic carbocycles. The van der Waals surface area contributed by atoms with Crippen molar-refractivity contribution in [1.82, 2.24) is 0 Å². The Balaban J connectivity index is 3.83. The van der Waals surface area contributed by atoms with E-state index < -0.39 is 5.97 Å². The van der Waals surface area contributed by atoms with Crippen molar-refractivity contribution < 1.29 is 9.90 Å². The number of carboxylic acid groups (broad SMARTS) is 1. The molecule has 0 aromatic carbocycles. The van der Waals surface area contributed by atoms with E-state index in [1.54, 1.807) is 13.8 Å². The standard InChI is InChI=1S/C5H8O2Se/c1-3(4(2)8)5(6)7/h3H,1-2H3,(H,6,7). The monoisotopic (exact) mass is 180 g/mol. The van der Waals surface area contributed by atoms with Gasteiger partial charge in [-0.2, -0.15) is 0 Å². The molecule has 0 saturated carbocycles. The normalized spacial score (nSPS) is 12.8. The molecule has 8 heavy (non-hydrogen) atoms. The van der Waals surface area contributed by atoms with E-state index in [9.17, 15) is 4.79 Å². The van der Waals surface area contributed by atoms with Gasteiger partial charge in [-0.15, -0.1) is 0 Å². The molecular weight excluding hydrogens is 171 g/mol. The Kier molecular flexibility index (Phi) is 2.95. The second kappa shape index (κ2) is 3.00. The third kappa shape index (κ3) is 2.24. The first-order chi connectivity index (χ1) is 3.55.